The summed E-state index contributed by atoms with van der Waals surface area (Å²) in [6.45, 7) is 6.39. The topological polar surface area (TPSA) is 61.8 Å². The molecule has 0 N–H and O–H groups in total. The molecule has 5 nitrogen and oxygen atoms in total. The Morgan fingerprint density at radius 2 is 1.61 bits per heavy atom. The summed E-state index contributed by atoms with van der Waals surface area (Å²) in [6, 6.07) is 19.8. The number of hydrogen-bond acceptors (Lipinski definition) is 5. The van der Waals surface area contributed by atoms with Gasteiger partial charge in [0.15, 0.2) is 0 Å². The van der Waals surface area contributed by atoms with Crippen molar-refractivity contribution in [1.29, 1.82) is 0 Å². The number of carbonyl (C=O) groups excluding carboxylic acids is 2. The molecule has 0 aromatic heterocycles. The molecule has 0 saturated heterocycles. The van der Waals surface area contributed by atoms with Gasteiger partial charge in [0, 0.05) is 18.1 Å². The second kappa shape index (κ2) is 15.6. The second-order valence-electron chi connectivity index (χ2n) is 9.74. The summed E-state index contributed by atoms with van der Waals surface area (Å²) in [7, 11) is 1.73. The molecule has 0 bridgehead atoms. The number of methoxy groups -OCH3 is 1. The van der Waals surface area contributed by atoms with Crippen LogP contribution in [0.4, 0.5) is 0 Å². The van der Waals surface area contributed by atoms with Gasteiger partial charge in [-0.3, -0.25) is 4.79 Å². The SMILES string of the molecule is C=CC(=O)OCCCOc1ccc2cc(C=O)ccc2c1.CCCC1CCC(c2ccc(OC)cc2)CC1. The quantitative estimate of drug-likeness (QED) is 0.112. The summed E-state index contributed by atoms with van der Waals surface area (Å²) >= 11 is 0. The van der Waals surface area contributed by atoms with Crippen LogP contribution in [0.3, 0.4) is 0 Å². The van der Waals surface area contributed by atoms with E-state index in [2.05, 4.69) is 37.8 Å². The molecule has 0 atom stereocenters. The first kappa shape index (κ1) is 29.0. The molecule has 0 aliphatic heterocycles. The molecule has 0 heterocycles. The van der Waals surface area contributed by atoms with Gasteiger partial charge in [-0.2, -0.15) is 0 Å². The third kappa shape index (κ3) is 9.05. The van der Waals surface area contributed by atoms with Crippen molar-refractivity contribution in [2.45, 2.75) is 57.8 Å². The Hall–Kier alpha value is -3.60. The lowest BCUT2D eigenvalue weighted by Gasteiger charge is -2.28. The highest BCUT2D eigenvalue weighted by Gasteiger charge is 2.21. The zero-order valence-electron chi connectivity index (χ0n) is 22.7. The van der Waals surface area contributed by atoms with Crippen LogP contribution >= 0.6 is 0 Å². The summed E-state index contributed by atoms with van der Waals surface area (Å²) in [5.74, 6) is 3.07. The van der Waals surface area contributed by atoms with Gasteiger partial charge in [0.2, 0.25) is 0 Å². The predicted molar refractivity (Wildman–Crippen MR) is 153 cm³/mol. The van der Waals surface area contributed by atoms with Crippen molar-refractivity contribution in [3.8, 4) is 11.5 Å². The Labute approximate surface area is 226 Å². The van der Waals surface area contributed by atoms with Crippen molar-refractivity contribution in [3.05, 3.63) is 84.4 Å². The van der Waals surface area contributed by atoms with Crippen molar-refractivity contribution in [1.82, 2.24) is 0 Å². The van der Waals surface area contributed by atoms with Gasteiger partial charge in [-0.05, 0) is 84.2 Å². The number of aldehydes is 1. The maximum Gasteiger partial charge on any atom is 0.330 e. The lowest BCUT2D eigenvalue weighted by atomic mass is 9.77. The zero-order valence-corrected chi connectivity index (χ0v) is 22.7. The highest BCUT2D eigenvalue weighted by molar-refractivity contribution is 5.89. The zero-order chi connectivity index (χ0) is 27.2. The standard InChI is InChI=1S/C17H16O4.C16H24O/c1-2-17(19)21-9-3-8-20-16-7-6-14-10-13(12-18)4-5-15(14)11-16;1-3-4-13-5-7-14(8-6-13)15-9-11-16(17-2)12-10-15/h2,4-7,10-12H,1,3,8-9H2;9-14H,3-8H2,1-2H3. The summed E-state index contributed by atoms with van der Waals surface area (Å²) in [6.07, 6.45) is 10.9. The average Bonchev–Trinajstić information content (AvgIpc) is 2.97. The van der Waals surface area contributed by atoms with Gasteiger partial charge in [-0.1, -0.05) is 56.7 Å². The van der Waals surface area contributed by atoms with Crippen molar-refractivity contribution in [3.63, 3.8) is 0 Å². The molecule has 0 unspecified atom stereocenters. The van der Waals surface area contributed by atoms with E-state index in [1.165, 1.54) is 44.1 Å². The molecule has 0 amide bonds. The van der Waals surface area contributed by atoms with Crippen molar-refractivity contribution >= 4 is 23.0 Å². The first-order valence-electron chi connectivity index (χ1n) is 13.6. The lowest BCUT2D eigenvalue weighted by Crippen LogP contribution is -2.13. The molecular formula is C33H40O5. The largest absolute Gasteiger partial charge is 0.497 e. The van der Waals surface area contributed by atoms with Crippen LogP contribution in [-0.4, -0.2) is 32.6 Å². The number of rotatable bonds is 11. The Kier molecular flexibility index (Phi) is 11.9. The number of carbonyl (C=O) groups is 2. The summed E-state index contributed by atoms with van der Waals surface area (Å²) in [5.41, 5.74) is 2.15. The van der Waals surface area contributed by atoms with Crippen LogP contribution in [0, 0.1) is 5.92 Å². The van der Waals surface area contributed by atoms with Crippen molar-refractivity contribution < 1.29 is 23.8 Å². The number of ether oxygens (including phenoxy) is 3. The van der Waals surface area contributed by atoms with Gasteiger partial charge < -0.3 is 14.2 Å². The highest BCUT2D eigenvalue weighted by atomic mass is 16.5. The summed E-state index contributed by atoms with van der Waals surface area (Å²) in [4.78, 5) is 21.6. The van der Waals surface area contributed by atoms with E-state index in [-0.39, 0.29) is 0 Å². The Bertz CT molecular complexity index is 1160. The predicted octanol–water partition coefficient (Wildman–Crippen LogP) is 7.92. The van der Waals surface area contributed by atoms with Crippen LogP contribution in [0.15, 0.2) is 73.3 Å². The molecule has 1 aliphatic rings. The number of esters is 1. The minimum atomic E-state index is -0.424. The molecule has 3 aromatic carbocycles. The van der Waals surface area contributed by atoms with E-state index in [4.69, 9.17) is 14.2 Å². The first-order chi connectivity index (χ1) is 18.6. The van der Waals surface area contributed by atoms with Crippen LogP contribution in [0.2, 0.25) is 0 Å². The molecule has 1 aliphatic carbocycles. The number of fused-ring (bicyclic) bond motifs is 1. The van der Waals surface area contributed by atoms with Gasteiger partial charge in [-0.15, -0.1) is 0 Å². The minimum Gasteiger partial charge on any atom is -0.497 e. The third-order valence-electron chi connectivity index (χ3n) is 7.07. The maximum absolute atomic E-state index is 10.8. The van der Waals surface area contributed by atoms with Crippen LogP contribution in [-0.2, 0) is 9.53 Å². The summed E-state index contributed by atoms with van der Waals surface area (Å²) in [5, 5.41) is 2.00. The second-order valence-corrected chi connectivity index (χ2v) is 9.74. The number of hydrogen-bond donors (Lipinski definition) is 0. The molecule has 4 rings (SSSR count). The van der Waals surface area contributed by atoms with Crippen LogP contribution < -0.4 is 9.47 Å². The number of benzene rings is 3. The highest BCUT2D eigenvalue weighted by Crippen LogP contribution is 2.37. The fourth-order valence-electron chi connectivity index (χ4n) is 4.95. The molecule has 0 spiro atoms. The van der Waals surface area contributed by atoms with Crippen LogP contribution in [0.25, 0.3) is 10.8 Å². The van der Waals surface area contributed by atoms with Gasteiger partial charge in [0.25, 0.3) is 0 Å². The van der Waals surface area contributed by atoms with E-state index in [0.29, 0.717) is 25.2 Å². The van der Waals surface area contributed by atoms with Crippen LogP contribution in [0.1, 0.15) is 73.7 Å². The van der Waals surface area contributed by atoms with E-state index in [0.717, 1.165) is 46.5 Å². The van der Waals surface area contributed by atoms with E-state index >= 15 is 0 Å². The van der Waals surface area contributed by atoms with Gasteiger partial charge in [-0.25, -0.2) is 4.79 Å². The van der Waals surface area contributed by atoms with Gasteiger partial charge in [0.05, 0.1) is 20.3 Å². The molecule has 1 saturated carbocycles. The molecule has 5 heteroatoms. The van der Waals surface area contributed by atoms with Crippen molar-refractivity contribution in [2.24, 2.45) is 5.92 Å². The lowest BCUT2D eigenvalue weighted by molar-refractivity contribution is -0.137. The van der Waals surface area contributed by atoms with Gasteiger partial charge >= 0.3 is 5.97 Å². The van der Waals surface area contributed by atoms with E-state index < -0.39 is 5.97 Å². The molecule has 1 fully saturated rings. The smallest absolute Gasteiger partial charge is 0.330 e. The van der Waals surface area contributed by atoms with Crippen molar-refractivity contribution in [2.75, 3.05) is 20.3 Å². The van der Waals surface area contributed by atoms with Crippen LogP contribution in [0.5, 0.6) is 11.5 Å². The molecular weight excluding hydrogens is 476 g/mol. The van der Waals surface area contributed by atoms with E-state index in [9.17, 15) is 9.59 Å². The van der Waals surface area contributed by atoms with Gasteiger partial charge in [0.1, 0.15) is 17.8 Å². The Morgan fingerprint density at radius 1 is 0.921 bits per heavy atom. The van der Waals surface area contributed by atoms with E-state index in [1.807, 2.05) is 30.3 Å². The normalized spacial score (nSPS) is 16.6. The minimum absolute atomic E-state index is 0.307. The van der Waals surface area contributed by atoms with E-state index in [1.54, 1.807) is 13.2 Å². The monoisotopic (exact) mass is 516 g/mol. The molecule has 202 valence electrons. The fourth-order valence-corrected chi connectivity index (χ4v) is 4.95. The average molecular weight is 517 g/mol. The first-order valence-corrected chi connectivity index (χ1v) is 13.6. The third-order valence-corrected chi connectivity index (χ3v) is 7.07. The molecule has 3 aromatic rings. The Morgan fingerprint density at radius 3 is 2.26 bits per heavy atom. The fraction of sp³-hybridized carbons (Fsp3) is 0.394. The maximum atomic E-state index is 10.8. The Balaban J connectivity index is 0.000000215. The molecule has 38 heavy (non-hydrogen) atoms. The summed E-state index contributed by atoms with van der Waals surface area (Å²) < 4.78 is 15.7. The molecule has 0 radical (unpaired) electrons.